The molecule has 1 aromatic heterocycles. The number of amides is 1. The summed E-state index contributed by atoms with van der Waals surface area (Å²) in [5.41, 5.74) is 10.6. The van der Waals surface area contributed by atoms with Crippen molar-refractivity contribution in [2.75, 3.05) is 5.32 Å². The summed E-state index contributed by atoms with van der Waals surface area (Å²) in [5, 5.41) is 13.6. The molecule has 2 aromatic carbocycles. The molecule has 0 spiro atoms. The van der Waals surface area contributed by atoms with Crippen molar-refractivity contribution in [3.63, 3.8) is 0 Å². The van der Waals surface area contributed by atoms with Crippen LogP contribution < -0.4 is 5.32 Å². The molecule has 3 rings (SSSR count). The normalized spacial score (nSPS) is 9.72. The Balaban J connectivity index is 1.73. The van der Waals surface area contributed by atoms with Gasteiger partial charge in [0, 0.05) is 27.3 Å². The quantitative estimate of drug-likeness (QED) is 0.338. The van der Waals surface area contributed by atoms with Crippen molar-refractivity contribution < 1.29 is 9.21 Å². The molecule has 3 aromatic rings. The molecular formula is C17H10N6O2. The first-order valence-electron chi connectivity index (χ1n) is 7.06. The number of carbonyl (C=O) groups is 1. The fourth-order valence-corrected chi connectivity index (χ4v) is 2.00. The van der Waals surface area contributed by atoms with Crippen LogP contribution in [-0.4, -0.2) is 16.1 Å². The molecule has 0 aliphatic heterocycles. The van der Waals surface area contributed by atoms with E-state index in [1.165, 1.54) is 24.3 Å². The third-order valence-electron chi connectivity index (χ3n) is 3.23. The first kappa shape index (κ1) is 15.8. The van der Waals surface area contributed by atoms with Crippen molar-refractivity contribution in [2.24, 2.45) is 5.11 Å². The second-order valence-corrected chi connectivity index (χ2v) is 4.82. The Morgan fingerprint density at radius 1 is 1.16 bits per heavy atom. The summed E-state index contributed by atoms with van der Waals surface area (Å²) in [6.07, 6.45) is 5.31. The first-order chi connectivity index (χ1) is 12.2. The van der Waals surface area contributed by atoms with E-state index in [0.717, 1.165) is 5.56 Å². The number of anilines is 1. The van der Waals surface area contributed by atoms with Gasteiger partial charge in [0.25, 0.3) is 5.91 Å². The van der Waals surface area contributed by atoms with Gasteiger partial charge in [-0.05, 0) is 41.9 Å². The molecule has 8 heteroatoms. The molecule has 25 heavy (non-hydrogen) atoms. The predicted octanol–water partition coefficient (Wildman–Crippen LogP) is 3.91. The van der Waals surface area contributed by atoms with Crippen LogP contribution in [-0.2, 0) is 0 Å². The Kier molecular flexibility index (Phi) is 4.42. The number of aromatic nitrogens is 2. The van der Waals surface area contributed by atoms with Gasteiger partial charge in [0.05, 0.1) is 0 Å². The summed E-state index contributed by atoms with van der Waals surface area (Å²) < 4.78 is 5.43. The molecule has 0 saturated carbocycles. The largest absolute Gasteiger partial charge is 0.403 e. The molecular weight excluding hydrogens is 320 g/mol. The lowest BCUT2D eigenvalue weighted by Crippen LogP contribution is -2.11. The third-order valence-corrected chi connectivity index (χ3v) is 3.23. The van der Waals surface area contributed by atoms with Crippen LogP contribution in [0.25, 0.3) is 21.9 Å². The number of terminal acetylenes is 1. The minimum absolute atomic E-state index is 0.0276. The van der Waals surface area contributed by atoms with E-state index in [1.54, 1.807) is 24.3 Å². The molecule has 0 aliphatic rings. The minimum atomic E-state index is -0.426. The summed E-state index contributed by atoms with van der Waals surface area (Å²) >= 11 is 0. The molecule has 120 valence electrons. The Labute approximate surface area is 142 Å². The minimum Gasteiger partial charge on any atom is -0.403 e. The van der Waals surface area contributed by atoms with E-state index in [0.29, 0.717) is 16.8 Å². The summed E-state index contributed by atoms with van der Waals surface area (Å²) in [4.78, 5) is 14.8. The van der Waals surface area contributed by atoms with E-state index in [-0.39, 0.29) is 11.9 Å². The van der Waals surface area contributed by atoms with E-state index < -0.39 is 5.91 Å². The molecule has 1 amide bonds. The number of carbonyl (C=O) groups excluding carboxylic acids is 1. The van der Waals surface area contributed by atoms with Crippen LogP contribution in [0.5, 0.6) is 0 Å². The summed E-state index contributed by atoms with van der Waals surface area (Å²) in [6.45, 7) is 0. The fraction of sp³-hybridized carbons (Fsp3) is 0. The lowest BCUT2D eigenvalue weighted by molar-refractivity contribution is 0.102. The van der Waals surface area contributed by atoms with E-state index in [1.807, 2.05) is 0 Å². The average molecular weight is 330 g/mol. The molecule has 0 unspecified atom stereocenters. The Hall–Kier alpha value is -4.08. The van der Waals surface area contributed by atoms with Gasteiger partial charge >= 0.3 is 6.01 Å². The standard InChI is InChI=1S/C17H10N6O2/c1-2-11-3-5-13(6-4-11)16-21-22-17(25-16)19-15(24)12-7-9-14(10-8-12)20-23-18/h1,3-10H,(H,19,22,24). The third kappa shape index (κ3) is 3.64. The van der Waals surface area contributed by atoms with E-state index in [4.69, 9.17) is 16.4 Å². The van der Waals surface area contributed by atoms with Gasteiger partial charge in [-0.1, -0.05) is 28.3 Å². The van der Waals surface area contributed by atoms with Crippen LogP contribution in [0, 0.1) is 12.3 Å². The maximum absolute atomic E-state index is 12.1. The smallest absolute Gasteiger partial charge is 0.322 e. The highest BCUT2D eigenvalue weighted by Crippen LogP contribution is 2.21. The molecule has 1 N–H and O–H groups in total. The molecule has 0 bridgehead atoms. The van der Waals surface area contributed by atoms with E-state index in [2.05, 4.69) is 31.5 Å². The van der Waals surface area contributed by atoms with Gasteiger partial charge in [0.2, 0.25) is 5.89 Å². The topological polar surface area (TPSA) is 117 Å². The van der Waals surface area contributed by atoms with Gasteiger partial charge in [0.1, 0.15) is 0 Å². The fourth-order valence-electron chi connectivity index (χ4n) is 2.00. The van der Waals surface area contributed by atoms with E-state index >= 15 is 0 Å². The molecule has 0 atom stereocenters. The van der Waals surface area contributed by atoms with Gasteiger partial charge in [-0.15, -0.1) is 11.5 Å². The highest BCUT2D eigenvalue weighted by atomic mass is 16.4. The van der Waals surface area contributed by atoms with Crippen LogP contribution in [0.4, 0.5) is 11.7 Å². The number of nitrogens with zero attached hydrogens (tertiary/aromatic N) is 5. The van der Waals surface area contributed by atoms with Gasteiger partial charge in [-0.25, -0.2) is 0 Å². The summed E-state index contributed by atoms with van der Waals surface area (Å²) in [7, 11) is 0. The van der Waals surface area contributed by atoms with Crippen molar-refractivity contribution in [3.05, 3.63) is 70.1 Å². The molecule has 1 heterocycles. The zero-order valence-corrected chi connectivity index (χ0v) is 12.7. The molecule has 0 aliphatic carbocycles. The second-order valence-electron chi connectivity index (χ2n) is 4.82. The maximum atomic E-state index is 12.1. The van der Waals surface area contributed by atoms with Crippen molar-refractivity contribution in [3.8, 4) is 23.8 Å². The number of nitrogens with one attached hydrogen (secondary N) is 1. The number of hydrogen-bond acceptors (Lipinski definition) is 5. The second kappa shape index (κ2) is 7.00. The molecule has 0 radical (unpaired) electrons. The maximum Gasteiger partial charge on any atom is 0.322 e. The SMILES string of the molecule is C#Cc1ccc(-c2nnc(NC(=O)c3ccc(N=[N+]=[N-])cc3)o2)cc1. The molecule has 0 saturated heterocycles. The van der Waals surface area contributed by atoms with Crippen molar-refractivity contribution in [2.45, 2.75) is 0 Å². The Morgan fingerprint density at radius 2 is 1.88 bits per heavy atom. The monoisotopic (exact) mass is 330 g/mol. The molecule has 8 nitrogen and oxygen atoms in total. The Bertz CT molecular complexity index is 993. The zero-order valence-electron chi connectivity index (χ0n) is 12.7. The van der Waals surface area contributed by atoms with E-state index in [9.17, 15) is 4.79 Å². The molecule has 0 fully saturated rings. The Morgan fingerprint density at radius 3 is 2.52 bits per heavy atom. The van der Waals surface area contributed by atoms with Crippen molar-refractivity contribution in [1.29, 1.82) is 0 Å². The van der Waals surface area contributed by atoms with Gasteiger partial charge in [-0.2, -0.15) is 0 Å². The van der Waals surface area contributed by atoms with Gasteiger partial charge < -0.3 is 4.42 Å². The summed E-state index contributed by atoms with van der Waals surface area (Å²) in [5.74, 6) is 2.35. The van der Waals surface area contributed by atoms with Crippen molar-refractivity contribution >= 4 is 17.6 Å². The highest BCUT2D eigenvalue weighted by Gasteiger charge is 2.12. The lowest BCUT2D eigenvalue weighted by atomic mass is 10.1. The average Bonchev–Trinajstić information content (AvgIpc) is 3.11. The highest BCUT2D eigenvalue weighted by molar-refractivity contribution is 6.03. The number of azide groups is 1. The van der Waals surface area contributed by atoms with Crippen LogP contribution >= 0.6 is 0 Å². The van der Waals surface area contributed by atoms with Crippen LogP contribution in [0.2, 0.25) is 0 Å². The van der Waals surface area contributed by atoms with Crippen LogP contribution in [0.3, 0.4) is 0 Å². The number of rotatable bonds is 4. The van der Waals surface area contributed by atoms with Gasteiger partial charge in [-0.3, -0.25) is 10.1 Å². The van der Waals surface area contributed by atoms with Crippen LogP contribution in [0.15, 0.2) is 58.1 Å². The first-order valence-corrected chi connectivity index (χ1v) is 7.06. The number of hydrogen-bond donors (Lipinski definition) is 1. The predicted molar refractivity (Wildman–Crippen MR) is 90.9 cm³/mol. The van der Waals surface area contributed by atoms with Crippen LogP contribution in [0.1, 0.15) is 15.9 Å². The van der Waals surface area contributed by atoms with Gasteiger partial charge in [0.15, 0.2) is 0 Å². The number of benzene rings is 2. The zero-order chi connectivity index (χ0) is 17.6. The lowest BCUT2D eigenvalue weighted by Gasteiger charge is -2.00. The van der Waals surface area contributed by atoms with Crippen molar-refractivity contribution in [1.82, 2.24) is 10.2 Å². The summed E-state index contributed by atoms with van der Waals surface area (Å²) in [6, 6.07) is 13.1.